The molecule has 4 nitrogen and oxygen atoms in total. The monoisotopic (exact) mass is 359 g/mol. The average Bonchev–Trinajstić information content (AvgIpc) is 3.57. The average molecular weight is 360 g/mol. The second kappa shape index (κ2) is 6.73. The van der Waals surface area contributed by atoms with E-state index in [1.165, 1.54) is 37.8 Å². The highest BCUT2D eigenvalue weighted by atomic mass is 35.5. The lowest BCUT2D eigenvalue weighted by atomic mass is 9.72. The van der Waals surface area contributed by atoms with Crippen molar-refractivity contribution in [1.82, 2.24) is 15.0 Å². The molecule has 1 aromatic carbocycles. The van der Waals surface area contributed by atoms with Gasteiger partial charge < -0.3 is 9.42 Å². The quantitative estimate of drug-likeness (QED) is 0.803. The largest absolute Gasteiger partial charge is 0.338 e. The molecule has 2 heterocycles. The van der Waals surface area contributed by atoms with Crippen LogP contribution in [0.25, 0.3) is 0 Å². The third-order valence-electron chi connectivity index (χ3n) is 6.04. The van der Waals surface area contributed by atoms with Crippen molar-refractivity contribution in [3.05, 3.63) is 47.6 Å². The van der Waals surface area contributed by atoms with Gasteiger partial charge in [0, 0.05) is 12.5 Å². The van der Waals surface area contributed by atoms with Crippen LogP contribution in [0.15, 0.2) is 34.9 Å². The molecule has 0 bridgehead atoms. The third-order valence-corrected chi connectivity index (χ3v) is 6.04. The Bertz CT molecular complexity index is 701. The molecule has 0 atom stereocenters. The maximum Gasteiger partial charge on any atom is 0.237 e. The van der Waals surface area contributed by atoms with Crippen molar-refractivity contribution in [3.8, 4) is 0 Å². The molecule has 0 amide bonds. The van der Waals surface area contributed by atoms with Crippen molar-refractivity contribution >= 4 is 12.4 Å². The molecule has 0 unspecified atom stereocenters. The van der Waals surface area contributed by atoms with E-state index in [4.69, 9.17) is 9.51 Å². The van der Waals surface area contributed by atoms with Crippen LogP contribution in [-0.2, 0) is 5.41 Å². The third kappa shape index (κ3) is 3.34. The van der Waals surface area contributed by atoms with Crippen molar-refractivity contribution in [2.75, 3.05) is 19.6 Å². The van der Waals surface area contributed by atoms with Crippen molar-refractivity contribution in [2.24, 2.45) is 5.92 Å². The molecule has 0 radical (unpaired) electrons. The summed E-state index contributed by atoms with van der Waals surface area (Å²) in [4.78, 5) is 7.48. The van der Waals surface area contributed by atoms with Crippen molar-refractivity contribution in [2.45, 2.75) is 49.9 Å². The number of aromatic nitrogens is 2. The Hall–Kier alpha value is -1.39. The molecule has 3 fully saturated rings. The Balaban J connectivity index is 0.00000157. The number of hydrogen-bond acceptors (Lipinski definition) is 4. The Labute approximate surface area is 155 Å². The molecule has 2 aliphatic carbocycles. The fourth-order valence-corrected chi connectivity index (χ4v) is 4.10. The number of likely N-dealkylation sites (tertiary alicyclic amines) is 1. The van der Waals surface area contributed by atoms with Gasteiger partial charge in [0.2, 0.25) is 5.89 Å². The lowest BCUT2D eigenvalue weighted by molar-refractivity contribution is 0.150. The Kier molecular flexibility index (Phi) is 4.59. The molecule has 2 aromatic rings. The standard InChI is InChI=1S/C20H25N3O.ClH/c1-2-4-17(5-3-1)20(19-21-18(22-24-19)16-8-9-16)10-12-23(13-11-20)14-15-6-7-15;/h1-5,15-16H,6-14H2;1H. The van der Waals surface area contributed by atoms with Gasteiger partial charge in [-0.15, -0.1) is 12.4 Å². The van der Waals surface area contributed by atoms with Gasteiger partial charge in [0.15, 0.2) is 5.82 Å². The smallest absolute Gasteiger partial charge is 0.237 e. The van der Waals surface area contributed by atoms with Crippen LogP contribution in [0.2, 0.25) is 0 Å². The minimum absolute atomic E-state index is 0. The minimum atomic E-state index is -0.0958. The molecule has 0 N–H and O–H groups in total. The number of rotatable bonds is 5. The zero-order valence-electron chi connectivity index (χ0n) is 14.6. The van der Waals surface area contributed by atoms with Gasteiger partial charge in [-0.1, -0.05) is 35.5 Å². The predicted molar refractivity (Wildman–Crippen MR) is 99.1 cm³/mol. The lowest BCUT2D eigenvalue weighted by Gasteiger charge is -2.39. The van der Waals surface area contributed by atoms with Crippen LogP contribution >= 0.6 is 12.4 Å². The molecule has 134 valence electrons. The van der Waals surface area contributed by atoms with Crippen LogP contribution in [0.3, 0.4) is 0 Å². The minimum Gasteiger partial charge on any atom is -0.338 e. The first-order chi connectivity index (χ1) is 11.8. The van der Waals surface area contributed by atoms with Gasteiger partial charge in [0.05, 0.1) is 5.41 Å². The van der Waals surface area contributed by atoms with Crippen LogP contribution in [-0.4, -0.2) is 34.7 Å². The Morgan fingerprint density at radius 3 is 2.40 bits per heavy atom. The van der Waals surface area contributed by atoms with Gasteiger partial charge in [0.1, 0.15) is 0 Å². The molecule has 1 aromatic heterocycles. The second-order valence-corrected chi connectivity index (χ2v) is 7.92. The van der Waals surface area contributed by atoms with Crippen LogP contribution in [0.1, 0.15) is 61.7 Å². The van der Waals surface area contributed by atoms with Crippen LogP contribution in [0, 0.1) is 5.92 Å². The maximum absolute atomic E-state index is 5.81. The summed E-state index contributed by atoms with van der Waals surface area (Å²) >= 11 is 0. The molecule has 0 spiro atoms. The summed E-state index contributed by atoms with van der Waals surface area (Å²) < 4.78 is 5.81. The predicted octanol–water partition coefficient (Wildman–Crippen LogP) is 4.16. The SMILES string of the molecule is Cl.c1ccc(C2(c3nc(C4CC4)no3)CCN(CC3CC3)CC2)cc1. The van der Waals surface area contributed by atoms with E-state index in [2.05, 4.69) is 40.4 Å². The zero-order valence-corrected chi connectivity index (χ0v) is 15.4. The van der Waals surface area contributed by atoms with Gasteiger partial charge in [0.25, 0.3) is 0 Å². The fraction of sp³-hybridized carbons (Fsp3) is 0.600. The van der Waals surface area contributed by atoms with E-state index in [9.17, 15) is 0 Å². The highest BCUT2D eigenvalue weighted by Gasteiger charge is 2.44. The van der Waals surface area contributed by atoms with Gasteiger partial charge >= 0.3 is 0 Å². The van der Waals surface area contributed by atoms with Crippen LogP contribution in [0.5, 0.6) is 0 Å². The first-order valence-electron chi connectivity index (χ1n) is 9.45. The summed E-state index contributed by atoms with van der Waals surface area (Å²) in [6.07, 6.45) is 7.44. The van der Waals surface area contributed by atoms with E-state index in [1.807, 2.05) is 0 Å². The van der Waals surface area contributed by atoms with Gasteiger partial charge in [-0.05, 0) is 63.1 Å². The summed E-state index contributed by atoms with van der Waals surface area (Å²) in [5, 5.41) is 4.30. The molecule has 5 heteroatoms. The summed E-state index contributed by atoms with van der Waals surface area (Å²) in [5.41, 5.74) is 1.24. The van der Waals surface area contributed by atoms with Crippen molar-refractivity contribution in [1.29, 1.82) is 0 Å². The van der Waals surface area contributed by atoms with E-state index in [-0.39, 0.29) is 17.8 Å². The van der Waals surface area contributed by atoms with Gasteiger partial charge in [-0.25, -0.2) is 0 Å². The number of hydrogen-bond donors (Lipinski definition) is 0. The number of nitrogens with zero attached hydrogens (tertiary/aromatic N) is 3. The topological polar surface area (TPSA) is 42.2 Å². The normalized spacial score (nSPS) is 23.2. The first kappa shape index (κ1) is 17.0. The number of benzene rings is 1. The van der Waals surface area contributed by atoms with E-state index < -0.39 is 0 Å². The summed E-state index contributed by atoms with van der Waals surface area (Å²) in [5.74, 6) is 3.28. The fourth-order valence-electron chi connectivity index (χ4n) is 4.10. The van der Waals surface area contributed by atoms with Crippen LogP contribution < -0.4 is 0 Å². The zero-order chi connectivity index (χ0) is 16.0. The van der Waals surface area contributed by atoms with Crippen LogP contribution in [0.4, 0.5) is 0 Å². The van der Waals surface area contributed by atoms with E-state index in [1.54, 1.807) is 0 Å². The summed E-state index contributed by atoms with van der Waals surface area (Å²) in [6.45, 7) is 3.54. The molecule has 2 saturated carbocycles. The summed E-state index contributed by atoms with van der Waals surface area (Å²) in [7, 11) is 0. The van der Waals surface area contributed by atoms with E-state index in [0.29, 0.717) is 5.92 Å². The highest BCUT2D eigenvalue weighted by molar-refractivity contribution is 5.85. The molecule has 1 saturated heterocycles. The maximum atomic E-state index is 5.81. The van der Waals surface area contributed by atoms with Crippen molar-refractivity contribution < 1.29 is 4.52 Å². The molecule has 5 rings (SSSR count). The molecular formula is C20H26ClN3O. The molecule has 1 aliphatic heterocycles. The van der Waals surface area contributed by atoms with Gasteiger partial charge in [-0.3, -0.25) is 0 Å². The van der Waals surface area contributed by atoms with E-state index in [0.717, 1.165) is 43.6 Å². The second-order valence-electron chi connectivity index (χ2n) is 7.92. The molecule has 25 heavy (non-hydrogen) atoms. The summed E-state index contributed by atoms with van der Waals surface area (Å²) in [6, 6.07) is 10.8. The van der Waals surface area contributed by atoms with Gasteiger partial charge in [-0.2, -0.15) is 4.98 Å². The number of piperidine rings is 1. The highest BCUT2D eigenvalue weighted by Crippen LogP contribution is 2.44. The Morgan fingerprint density at radius 1 is 1.04 bits per heavy atom. The molecule has 3 aliphatic rings. The Morgan fingerprint density at radius 2 is 1.76 bits per heavy atom. The number of halogens is 1. The first-order valence-corrected chi connectivity index (χ1v) is 9.45. The van der Waals surface area contributed by atoms with Crippen molar-refractivity contribution in [3.63, 3.8) is 0 Å². The molecular weight excluding hydrogens is 334 g/mol. The lowest BCUT2D eigenvalue weighted by Crippen LogP contribution is -2.44. The van der Waals surface area contributed by atoms with E-state index >= 15 is 0 Å².